The molecule has 0 radical (unpaired) electrons. The molecule has 0 bridgehead atoms. The maximum atomic E-state index is 5.71. The van der Waals surface area contributed by atoms with Crippen molar-refractivity contribution in [1.29, 1.82) is 0 Å². The molecular formula is C58H42N4O2. The van der Waals surface area contributed by atoms with E-state index in [0.717, 1.165) is 100.0 Å². The van der Waals surface area contributed by atoms with E-state index in [9.17, 15) is 0 Å². The summed E-state index contributed by atoms with van der Waals surface area (Å²) in [5, 5.41) is 4.28. The van der Waals surface area contributed by atoms with Crippen molar-refractivity contribution in [1.82, 2.24) is 9.97 Å². The summed E-state index contributed by atoms with van der Waals surface area (Å²) in [7, 11) is 3.29. The van der Waals surface area contributed by atoms with E-state index >= 15 is 0 Å². The van der Waals surface area contributed by atoms with Gasteiger partial charge in [0.2, 0.25) is 0 Å². The van der Waals surface area contributed by atoms with Gasteiger partial charge in [0.25, 0.3) is 0 Å². The maximum Gasteiger partial charge on any atom is 0.163 e. The fraction of sp³-hybridized carbons (Fsp3) is 0.0345. The number of fused-ring (bicyclic) bond motifs is 7. The summed E-state index contributed by atoms with van der Waals surface area (Å²) < 4.78 is 11.4. The van der Waals surface area contributed by atoms with E-state index in [1.807, 2.05) is 36.4 Å². The molecule has 0 amide bonds. The van der Waals surface area contributed by atoms with E-state index in [4.69, 9.17) is 19.4 Å². The normalized spacial score (nSPS) is 11.3. The first-order valence-electron chi connectivity index (χ1n) is 21.4. The van der Waals surface area contributed by atoms with Crippen LogP contribution < -0.4 is 19.3 Å². The molecule has 1 heterocycles. The Hall–Kier alpha value is -8.48. The van der Waals surface area contributed by atoms with Crippen LogP contribution in [0.15, 0.2) is 218 Å². The maximum absolute atomic E-state index is 5.71. The molecule has 0 aliphatic heterocycles. The standard InChI is InChI=1S/C58H42N4O2/c1-63-55-37-53-54(38-56(55)64-2)60-58-52-36-42(40-25-31-48(32-26-40)62(45-19-11-5-12-20-45)46-21-13-6-14-22-46)28-34-50(52)49-33-27-41(35-51(49)57(58)59-53)39-23-29-47(30-24-39)61(43-15-7-3-8-16-43)44-17-9-4-10-18-44/h3-38H,1-2H3. The molecule has 0 saturated heterocycles. The first-order chi connectivity index (χ1) is 31.6. The van der Waals surface area contributed by atoms with Crippen LogP contribution >= 0.6 is 0 Å². The van der Waals surface area contributed by atoms with Gasteiger partial charge < -0.3 is 19.3 Å². The van der Waals surface area contributed by atoms with Crippen LogP contribution in [0.2, 0.25) is 0 Å². The smallest absolute Gasteiger partial charge is 0.163 e. The molecular weight excluding hydrogens is 785 g/mol. The van der Waals surface area contributed by atoms with Crippen molar-refractivity contribution < 1.29 is 9.47 Å². The van der Waals surface area contributed by atoms with Gasteiger partial charge >= 0.3 is 0 Å². The molecule has 10 aromatic carbocycles. The molecule has 0 spiro atoms. The number of methoxy groups -OCH3 is 2. The lowest BCUT2D eigenvalue weighted by Crippen LogP contribution is -2.09. The minimum Gasteiger partial charge on any atom is -0.493 e. The van der Waals surface area contributed by atoms with Gasteiger partial charge in [-0.3, -0.25) is 0 Å². The minimum atomic E-state index is 0.610. The van der Waals surface area contributed by atoms with E-state index in [1.165, 1.54) is 0 Å². The topological polar surface area (TPSA) is 50.7 Å². The molecule has 306 valence electrons. The second kappa shape index (κ2) is 16.4. The van der Waals surface area contributed by atoms with E-state index < -0.39 is 0 Å². The number of hydrogen-bond donors (Lipinski definition) is 0. The molecule has 64 heavy (non-hydrogen) atoms. The minimum absolute atomic E-state index is 0.610. The number of anilines is 6. The van der Waals surface area contributed by atoms with Crippen LogP contribution in [-0.4, -0.2) is 24.2 Å². The zero-order valence-corrected chi connectivity index (χ0v) is 35.4. The summed E-state index contributed by atoms with van der Waals surface area (Å²) in [6.07, 6.45) is 0. The quantitative estimate of drug-likeness (QED) is 0.101. The van der Waals surface area contributed by atoms with Gasteiger partial charge in [0.1, 0.15) is 0 Å². The van der Waals surface area contributed by atoms with Crippen molar-refractivity contribution in [3.05, 3.63) is 218 Å². The molecule has 0 aliphatic rings. The molecule has 6 nitrogen and oxygen atoms in total. The third-order valence-corrected chi connectivity index (χ3v) is 12.0. The molecule has 11 aromatic rings. The Morgan fingerprint density at radius 2 is 0.594 bits per heavy atom. The molecule has 0 atom stereocenters. The number of nitrogens with zero attached hydrogens (tertiary/aromatic N) is 4. The average molecular weight is 827 g/mol. The second-order valence-electron chi connectivity index (χ2n) is 15.7. The van der Waals surface area contributed by atoms with Crippen molar-refractivity contribution >= 4 is 77.7 Å². The highest BCUT2D eigenvalue weighted by Gasteiger charge is 2.18. The van der Waals surface area contributed by atoms with E-state index in [1.54, 1.807) is 14.2 Å². The molecule has 11 rings (SSSR count). The highest BCUT2D eigenvalue weighted by molar-refractivity contribution is 6.25. The first kappa shape index (κ1) is 38.4. The Bertz CT molecular complexity index is 3130. The number of rotatable bonds is 10. The van der Waals surface area contributed by atoms with Crippen LogP contribution in [0.4, 0.5) is 34.1 Å². The summed E-state index contributed by atoms with van der Waals surface area (Å²) in [6.45, 7) is 0. The molecule has 0 N–H and O–H groups in total. The van der Waals surface area contributed by atoms with Gasteiger partial charge in [0.15, 0.2) is 11.5 Å². The van der Waals surface area contributed by atoms with Gasteiger partial charge in [0.05, 0.1) is 36.3 Å². The Kier molecular flexibility index (Phi) is 9.86. The van der Waals surface area contributed by atoms with Crippen LogP contribution in [0.5, 0.6) is 11.5 Å². The lowest BCUT2D eigenvalue weighted by molar-refractivity contribution is 0.355. The van der Waals surface area contributed by atoms with E-state index in [0.29, 0.717) is 11.5 Å². The van der Waals surface area contributed by atoms with Crippen molar-refractivity contribution in [3.63, 3.8) is 0 Å². The number of benzene rings is 10. The van der Waals surface area contributed by atoms with Crippen LogP contribution in [0, 0.1) is 0 Å². The predicted octanol–water partition coefficient (Wildman–Crippen LogP) is 15.4. The Morgan fingerprint density at radius 3 is 0.906 bits per heavy atom. The molecule has 6 heteroatoms. The summed E-state index contributed by atoms with van der Waals surface area (Å²) in [6, 6.07) is 76.8. The Morgan fingerprint density at radius 1 is 0.297 bits per heavy atom. The van der Waals surface area contributed by atoms with Gasteiger partial charge in [-0.1, -0.05) is 121 Å². The van der Waals surface area contributed by atoms with Crippen LogP contribution in [0.1, 0.15) is 0 Å². The largest absolute Gasteiger partial charge is 0.493 e. The van der Waals surface area contributed by atoms with E-state index in [2.05, 4.69) is 192 Å². The lowest BCUT2D eigenvalue weighted by Gasteiger charge is -2.25. The Balaban J connectivity index is 1.04. The Labute approximate surface area is 371 Å². The molecule has 0 aliphatic carbocycles. The van der Waals surface area contributed by atoms with Crippen molar-refractivity contribution in [3.8, 4) is 33.8 Å². The lowest BCUT2D eigenvalue weighted by atomic mass is 9.93. The SMILES string of the molecule is COc1cc2nc3c4cc(-c5ccc(N(c6ccccc6)c6ccccc6)cc5)ccc4c4ccc(-c5ccc(N(c6ccccc6)c6ccccc6)cc5)cc4c3nc2cc1OC. The van der Waals surface area contributed by atoms with Gasteiger partial charge in [0, 0.05) is 57.0 Å². The van der Waals surface area contributed by atoms with Crippen LogP contribution in [-0.2, 0) is 0 Å². The van der Waals surface area contributed by atoms with Gasteiger partial charge in [-0.05, 0) is 118 Å². The van der Waals surface area contributed by atoms with Gasteiger partial charge in [-0.15, -0.1) is 0 Å². The fourth-order valence-electron chi connectivity index (χ4n) is 8.88. The summed E-state index contributed by atoms with van der Waals surface area (Å²) in [5.41, 5.74) is 14.1. The molecule has 0 saturated carbocycles. The van der Waals surface area contributed by atoms with Crippen molar-refractivity contribution in [2.24, 2.45) is 0 Å². The third kappa shape index (κ3) is 6.97. The molecule has 0 fully saturated rings. The van der Waals surface area contributed by atoms with E-state index in [-0.39, 0.29) is 0 Å². The van der Waals surface area contributed by atoms with Crippen molar-refractivity contribution in [2.75, 3.05) is 24.0 Å². The summed E-state index contributed by atoms with van der Waals surface area (Å²) >= 11 is 0. The van der Waals surface area contributed by atoms with Gasteiger partial charge in [-0.25, -0.2) is 9.97 Å². The summed E-state index contributed by atoms with van der Waals surface area (Å²) in [4.78, 5) is 15.3. The third-order valence-electron chi connectivity index (χ3n) is 12.0. The number of para-hydroxylation sites is 4. The van der Waals surface area contributed by atoms with Gasteiger partial charge in [-0.2, -0.15) is 0 Å². The molecule has 0 unspecified atom stereocenters. The fourth-order valence-corrected chi connectivity index (χ4v) is 8.88. The zero-order valence-electron chi connectivity index (χ0n) is 35.4. The summed E-state index contributed by atoms with van der Waals surface area (Å²) in [5.74, 6) is 1.22. The highest BCUT2D eigenvalue weighted by atomic mass is 16.5. The highest BCUT2D eigenvalue weighted by Crippen LogP contribution is 2.42. The van der Waals surface area contributed by atoms with Crippen LogP contribution in [0.25, 0.3) is 65.9 Å². The van der Waals surface area contributed by atoms with Crippen LogP contribution in [0.3, 0.4) is 0 Å². The van der Waals surface area contributed by atoms with Crippen molar-refractivity contribution in [2.45, 2.75) is 0 Å². The monoisotopic (exact) mass is 826 g/mol. The first-order valence-corrected chi connectivity index (χ1v) is 21.4. The average Bonchev–Trinajstić information content (AvgIpc) is 3.37. The number of ether oxygens (including phenoxy) is 2. The number of aromatic nitrogens is 2. The number of hydrogen-bond acceptors (Lipinski definition) is 6. The zero-order chi connectivity index (χ0) is 43.0. The second-order valence-corrected chi connectivity index (χ2v) is 15.7. The predicted molar refractivity (Wildman–Crippen MR) is 265 cm³/mol. The molecule has 1 aromatic heterocycles.